The molecule has 0 saturated carbocycles. The third-order valence-electron chi connectivity index (χ3n) is 4.30. The lowest BCUT2D eigenvalue weighted by molar-refractivity contribution is 0.0503. The third kappa shape index (κ3) is 6.43. The number of carbonyl (C=O) groups is 2. The SMILES string of the molecule is CC(C)Oc1ccc(Br)cc1C(=O)Oc1ccccc1C(=O)OCCc1ccccc1. The van der Waals surface area contributed by atoms with Crippen molar-refractivity contribution < 1.29 is 23.8 Å². The average Bonchev–Trinajstić information content (AvgIpc) is 2.75. The zero-order valence-corrected chi connectivity index (χ0v) is 18.9. The molecule has 0 amide bonds. The summed E-state index contributed by atoms with van der Waals surface area (Å²) < 4.78 is 17.4. The normalized spacial score (nSPS) is 10.6. The van der Waals surface area contributed by atoms with Crippen molar-refractivity contribution in [1.29, 1.82) is 0 Å². The van der Waals surface area contributed by atoms with Crippen LogP contribution in [0.2, 0.25) is 0 Å². The van der Waals surface area contributed by atoms with Crippen molar-refractivity contribution in [1.82, 2.24) is 0 Å². The maximum Gasteiger partial charge on any atom is 0.347 e. The number of hydrogen-bond donors (Lipinski definition) is 0. The Labute approximate surface area is 190 Å². The number of hydrogen-bond acceptors (Lipinski definition) is 5. The smallest absolute Gasteiger partial charge is 0.347 e. The molecular formula is C25H23BrO5. The molecule has 0 aliphatic rings. The second kappa shape index (κ2) is 10.8. The predicted molar refractivity (Wildman–Crippen MR) is 122 cm³/mol. The van der Waals surface area contributed by atoms with Gasteiger partial charge in [0.05, 0.1) is 12.7 Å². The first kappa shape index (κ1) is 22.6. The van der Waals surface area contributed by atoms with Crippen LogP contribution in [0.15, 0.2) is 77.3 Å². The lowest BCUT2D eigenvalue weighted by atomic mass is 10.1. The molecule has 160 valence electrons. The molecule has 0 aliphatic carbocycles. The molecule has 0 heterocycles. The molecule has 6 heteroatoms. The van der Waals surface area contributed by atoms with Crippen LogP contribution in [-0.2, 0) is 11.2 Å². The van der Waals surface area contributed by atoms with Gasteiger partial charge in [-0.05, 0) is 49.7 Å². The Balaban J connectivity index is 1.72. The molecule has 31 heavy (non-hydrogen) atoms. The highest BCUT2D eigenvalue weighted by Gasteiger charge is 2.20. The van der Waals surface area contributed by atoms with Gasteiger partial charge in [0.25, 0.3) is 0 Å². The van der Waals surface area contributed by atoms with Crippen molar-refractivity contribution in [2.75, 3.05) is 6.61 Å². The fraction of sp³-hybridized carbons (Fsp3) is 0.200. The quantitative estimate of drug-likeness (QED) is 0.297. The van der Waals surface area contributed by atoms with Gasteiger partial charge in [-0.25, -0.2) is 9.59 Å². The highest BCUT2D eigenvalue weighted by Crippen LogP contribution is 2.27. The Bertz CT molecular complexity index is 1050. The topological polar surface area (TPSA) is 61.8 Å². The van der Waals surface area contributed by atoms with E-state index in [4.69, 9.17) is 14.2 Å². The van der Waals surface area contributed by atoms with Gasteiger partial charge in [-0.1, -0.05) is 58.4 Å². The first-order chi connectivity index (χ1) is 14.9. The summed E-state index contributed by atoms with van der Waals surface area (Å²) in [6.07, 6.45) is 0.488. The molecule has 3 rings (SSSR count). The van der Waals surface area contributed by atoms with Crippen molar-refractivity contribution in [3.63, 3.8) is 0 Å². The number of halogens is 1. The Morgan fingerprint density at radius 1 is 0.839 bits per heavy atom. The number of benzene rings is 3. The number of rotatable bonds is 8. The summed E-state index contributed by atoms with van der Waals surface area (Å²) in [5, 5.41) is 0. The highest BCUT2D eigenvalue weighted by atomic mass is 79.9. The maximum atomic E-state index is 12.9. The minimum absolute atomic E-state index is 0.111. The van der Waals surface area contributed by atoms with Gasteiger partial charge in [0.15, 0.2) is 0 Å². The molecule has 0 fully saturated rings. The summed E-state index contributed by atoms with van der Waals surface area (Å²) in [4.78, 5) is 25.5. The Morgan fingerprint density at radius 3 is 2.29 bits per heavy atom. The van der Waals surface area contributed by atoms with Gasteiger partial charge in [-0.2, -0.15) is 0 Å². The standard InChI is InChI=1S/C25H23BrO5/c1-17(2)30-23-13-12-19(26)16-21(23)25(28)31-22-11-7-6-10-20(22)24(27)29-15-14-18-8-4-3-5-9-18/h3-13,16-17H,14-15H2,1-2H3. The van der Waals surface area contributed by atoms with Gasteiger partial charge in [0.1, 0.15) is 22.6 Å². The first-order valence-electron chi connectivity index (χ1n) is 9.92. The van der Waals surface area contributed by atoms with E-state index in [0.717, 1.165) is 5.56 Å². The van der Waals surface area contributed by atoms with Gasteiger partial charge in [0, 0.05) is 10.9 Å². The number of ether oxygens (including phenoxy) is 3. The van der Waals surface area contributed by atoms with Crippen LogP contribution >= 0.6 is 15.9 Å². The Kier molecular flexibility index (Phi) is 7.84. The summed E-state index contributed by atoms with van der Waals surface area (Å²) in [7, 11) is 0. The zero-order chi connectivity index (χ0) is 22.2. The molecular weight excluding hydrogens is 460 g/mol. The molecule has 3 aromatic carbocycles. The van der Waals surface area contributed by atoms with E-state index in [1.54, 1.807) is 42.5 Å². The van der Waals surface area contributed by atoms with Gasteiger partial charge in [-0.3, -0.25) is 0 Å². The maximum absolute atomic E-state index is 12.9. The Morgan fingerprint density at radius 2 is 1.55 bits per heavy atom. The molecule has 0 N–H and O–H groups in total. The third-order valence-corrected chi connectivity index (χ3v) is 4.79. The van der Waals surface area contributed by atoms with Crippen LogP contribution in [0, 0.1) is 0 Å². The molecule has 0 saturated heterocycles. The molecule has 0 aliphatic heterocycles. The summed E-state index contributed by atoms with van der Waals surface area (Å²) >= 11 is 3.36. The number of para-hydroxylation sites is 1. The van der Waals surface area contributed by atoms with E-state index >= 15 is 0 Å². The van der Waals surface area contributed by atoms with Crippen LogP contribution in [0.25, 0.3) is 0 Å². The number of esters is 2. The molecule has 0 bridgehead atoms. The summed E-state index contributed by atoms with van der Waals surface area (Å²) in [5.74, 6) is -0.632. The average molecular weight is 483 g/mol. The largest absolute Gasteiger partial charge is 0.490 e. The fourth-order valence-electron chi connectivity index (χ4n) is 2.88. The van der Waals surface area contributed by atoms with Crippen LogP contribution in [-0.4, -0.2) is 24.6 Å². The highest BCUT2D eigenvalue weighted by molar-refractivity contribution is 9.10. The van der Waals surface area contributed by atoms with Gasteiger partial charge < -0.3 is 14.2 Å². The van der Waals surface area contributed by atoms with E-state index < -0.39 is 11.9 Å². The van der Waals surface area contributed by atoms with Crippen LogP contribution in [0.1, 0.15) is 40.1 Å². The van der Waals surface area contributed by atoms with Crippen molar-refractivity contribution in [2.24, 2.45) is 0 Å². The van der Waals surface area contributed by atoms with Crippen LogP contribution in [0.3, 0.4) is 0 Å². The van der Waals surface area contributed by atoms with Crippen molar-refractivity contribution >= 4 is 27.9 Å². The minimum Gasteiger partial charge on any atom is -0.490 e. The van der Waals surface area contributed by atoms with Gasteiger partial charge in [0.2, 0.25) is 0 Å². The Hall–Kier alpha value is -3.12. The van der Waals surface area contributed by atoms with Crippen LogP contribution in [0.4, 0.5) is 0 Å². The fourth-order valence-corrected chi connectivity index (χ4v) is 3.24. The summed E-state index contributed by atoms with van der Waals surface area (Å²) in [6.45, 7) is 3.97. The second-order valence-electron chi connectivity index (χ2n) is 7.06. The first-order valence-corrected chi connectivity index (χ1v) is 10.7. The van der Waals surface area contributed by atoms with E-state index in [2.05, 4.69) is 15.9 Å². The van der Waals surface area contributed by atoms with Crippen LogP contribution < -0.4 is 9.47 Å². The van der Waals surface area contributed by atoms with E-state index in [-0.39, 0.29) is 29.6 Å². The molecule has 0 aromatic heterocycles. The molecule has 3 aromatic rings. The monoisotopic (exact) mass is 482 g/mol. The van der Waals surface area contributed by atoms with Crippen LogP contribution in [0.5, 0.6) is 11.5 Å². The van der Waals surface area contributed by atoms with Gasteiger partial charge >= 0.3 is 11.9 Å². The molecule has 0 unspecified atom stereocenters. The lowest BCUT2D eigenvalue weighted by Gasteiger charge is -2.15. The van der Waals surface area contributed by atoms with Crippen molar-refractivity contribution in [2.45, 2.75) is 26.4 Å². The summed E-state index contributed by atoms with van der Waals surface area (Å²) in [5.41, 5.74) is 1.52. The predicted octanol–water partition coefficient (Wildman–Crippen LogP) is 5.86. The molecule has 5 nitrogen and oxygen atoms in total. The van der Waals surface area contributed by atoms with E-state index in [9.17, 15) is 9.59 Å². The van der Waals surface area contributed by atoms with E-state index in [0.29, 0.717) is 16.6 Å². The number of carbonyl (C=O) groups excluding carboxylic acids is 2. The van der Waals surface area contributed by atoms with Crippen molar-refractivity contribution in [3.05, 3.63) is 94.0 Å². The van der Waals surface area contributed by atoms with E-state index in [1.165, 1.54) is 0 Å². The van der Waals surface area contributed by atoms with E-state index in [1.807, 2.05) is 44.2 Å². The lowest BCUT2D eigenvalue weighted by Crippen LogP contribution is -2.16. The zero-order valence-electron chi connectivity index (χ0n) is 17.3. The van der Waals surface area contributed by atoms with Gasteiger partial charge in [-0.15, -0.1) is 0 Å². The molecule has 0 atom stereocenters. The minimum atomic E-state index is -0.624. The molecule has 0 radical (unpaired) electrons. The summed E-state index contributed by atoms with van der Waals surface area (Å²) in [6, 6.07) is 21.4. The van der Waals surface area contributed by atoms with Crippen molar-refractivity contribution in [3.8, 4) is 11.5 Å². The molecule has 0 spiro atoms. The second-order valence-corrected chi connectivity index (χ2v) is 7.98.